The van der Waals surface area contributed by atoms with Crippen LogP contribution in [0.4, 0.5) is 9.80 Å². The monoisotopic (exact) mass is 364 g/mol. The van der Waals surface area contributed by atoms with Gasteiger partial charge in [-0.1, -0.05) is 0 Å². The van der Waals surface area contributed by atoms with E-state index in [0.717, 1.165) is 4.90 Å². The number of carbonyl (C=O) groups excluding carboxylic acids is 3. The SMILES string of the molecule is CCOC(=O)NC(=O)c1ccsc1NC(=O)c1ccc(SC)cc1. The molecule has 6 nitrogen and oxygen atoms in total. The first-order chi connectivity index (χ1) is 11.5. The number of ether oxygens (including phenoxy) is 1. The quantitative estimate of drug-likeness (QED) is 0.792. The van der Waals surface area contributed by atoms with Crippen LogP contribution in [-0.2, 0) is 4.74 Å². The van der Waals surface area contributed by atoms with E-state index in [1.165, 1.54) is 17.4 Å². The normalized spacial score (nSPS) is 10.1. The smallest absolute Gasteiger partial charge is 0.414 e. The van der Waals surface area contributed by atoms with E-state index < -0.39 is 12.0 Å². The highest BCUT2D eigenvalue weighted by molar-refractivity contribution is 7.98. The van der Waals surface area contributed by atoms with Crippen LogP contribution in [-0.4, -0.2) is 30.8 Å². The Morgan fingerprint density at radius 2 is 1.83 bits per heavy atom. The Kier molecular flexibility index (Phi) is 6.39. The Balaban J connectivity index is 2.07. The summed E-state index contributed by atoms with van der Waals surface area (Å²) in [4.78, 5) is 36.7. The third-order valence-electron chi connectivity index (χ3n) is 2.98. The van der Waals surface area contributed by atoms with Crippen LogP contribution in [0.25, 0.3) is 0 Å². The summed E-state index contributed by atoms with van der Waals surface area (Å²) < 4.78 is 4.67. The lowest BCUT2D eigenvalue weighted by molar-refractivity contribution is 0.0926. The summed E-state index contributed by atoms with van der Waals surface area (Å²) in [6.07, 6.45) is 1.13. The fourth-order valence-electron chi connectivity index (χ4n) is 1.83. The average Bonchev–Trinajstić information content (AvgIpc) is 3.03. The Morgan fingerprint density at radius 1 is 1.12 bits per heavy atom. The minimum absolute atomic E-state index is 0.165. The summed E-state index contributed by atoms with van der Waals surface area (Å²) in [5.74, 6) is -0.946. The van der Waals surface area contributed by atoms with Crippen molar-refractivity contribution in [1.82, 2.24) is 5.32 Å². The van der Waals surface area contributed by atoms with Gasteiger partial charge in [-0.05, 0) is 48.9 Å². The van der Waals surface area contributed by atoms with Crippen molar-refractivity contribution in [2.24, 2.45) is 0 Å². The van der Waals surface area contributed by atoms with Crippen molar-refractivity contribution in [1.29, 1.82) is 0 Å². The molecule has 2 aromatic rings. The fourth-order valence-corrected chi connectivity index (χ4v) is 3.02. The van der Waals surface area contributed by atoms with Crippen LogP contribution in [0, 0.1) is 0 Å². The third kappa shape index (κ3) is 4.59. The lowest BCUT2D eigenvalue weighted by atomic mass is 10.2. The van der Waals surface area contributed by atoms with Gasteiger partial charge in [0.25, 0.3) is 11.8 Å². The Bertz CT molecular complexity index is 741. The van der Waals surface area contributed by atoms with Gasteiger partial charge in [-0.25, -0.2) is 4.79 Å². The number of carbonyl (C=O) groups is 3. The molecule has 0 fully saturated rings. The third-order valence-corrected chi connectivity index (χ3v) is 4.55. The van der Waals surface area contributed by atoms with Crippen molar-refractivity contribution in [2.75, 3.05) is 18.2 Å². The maximum atomic E-state index is 12.3. The number of alkyl carbamates (subject to hydrolysis) is 1. The summed E-state index contributed by atoms with van der Waals surface area (Å²) in [5.41, 5.74) is 0.695. The molecule has 1 aromatic heterocycles. The molecule has 0 aliphatic carbocycles. The molecule has 1 aromatic carbocycles. The van der Waals surface area contributed by atoms with E-state index in [9.17, 15) is 14.4 Å². The van der Waals surface area contributed by atoms with E-state index >= 15 is 0 Å². The molecule has 24 heavy (non-hydrogen) atoms. The highest BCUT2D eigenvalue weighted by Gasteiger charge is 2.18. The minimum Gasteiger partial charge on any atom is -0.450 e. The number of anilines is 1. The highest BCUT2D eigenvalue weighted by Crippen LogP contribution is 2.24. The Labute approximate surface area is 147 Å². The lowest BCUT2D eigenvalue weighted by Crippen LogP contribution is -2.31. The number of hydrogen-bond donors (Lipinski definition) is 2. The Morgan fingerprint density at radius 3 is 2.46 bits per heavy atom. The van der Waals surface area contributed by atoms with Crippen molar-refractivity contribution in [3.8, 4) is 0 Å². The topological polar surface area (TPSA) is 84.5 Å². The van der Waals surface area contributed by atoms with Crippen LogP contribution in [0.2, 0.25) is 0 Å². The molecule has 0 atom stereocenters. The van der Waals surface area contributed by atoms with E-state index in [1.54, 1.807) is 36.2 Å². The maximum Gasteiger partial charge on any atom is 0.414 e. The van der Waals surface area contributed by atoms with Gasteiger partial charge in [0.05, 0.1) is 12.2 Å². The van der Waals surface area contributed by atoms with Crippen molar-refractivity contribution in [3.05, 3.63) is 46.8 Å². The second kappa shape index (κ2) is 8.51. The summed E-state index contributed by atoms with van der Waals surface area (Å²) in [6.45, 7) is 1.81. The standard InChI is InChI=1S/C16H16N2O4S2/c1-3-22-16(21)18-14(20)12-8-9-24-15(12)17-13(19)10-4-6-11(23-2)7-5-10/h4-9H,3H2,1-2H3,(H,17,19)(H,18,20,21). The molecular formula is C16H16N2O4S2. The van der Waals surface area contributed by atoms with E-state index in [4.69, 9.17) is 0 Å². The van der Waals surface area contributed by atoms with Crippen LogP contribution in [0.5, 0.6) is 0 Å². The molecule has 8 heteroatoms. The predicted octanol–water partition coefficient (Wildman–Crippen LogP) is 3.61. The van der Waals surface area contributed by atoms with E-state index in [0.29, 0.717) is 10.6 Å². The zero-order valence-electron chi connectivity index (χ0n) is 13.1. The van der Waals surface area contributed by atoms with E-state index in [2.05, 4.69) is 15.4 Å². The van der Waals surface area contributed by atoms with Crippen LogP contribution in [0.1, 0.15) is 27.6 Å². The zero-order chi connectivity index (χ0) is 17.5. The molecule has 0 unspecified atom stereocenters. The number of hydrogen-bond acceptors (Lipinski definition) is 6. The molecule has 0 saturated carbocycles. The van der Waals surface area contributed by atoms with Crippen molar-refractivity contribution < 1.29 is 19.1 Å². The van der Waals surface area contributed by atoms with Gasteiger partial charge in [-0.15, -0.1) is 23.1 Å². The molecule has 0 bridgehead atoms. The van der Waals surface area contributed by atoms with Gasteiger partial charge in [-0.3, -0.25) is 14.9 Å². The number of amides is 3. The van der Waals surface area contributed by atoms with E-state index in [1.807, 2.05) is 18.4 Å². The molecule has 1 heterocycles. The number of thiophene rings is 1. The summed E-state index contributed by atoms with van der Waals surface area (Å²) in [5, 5.41) is 6.82. The van der Waals surface area contributed by atoms with Crippen molar-refractivity contribution in [2.45, 2.75) is 11.8 Å². The number of rotatable bonds is 5. The van der Waals surface area contributed by atoms with Gasteiger partial charge < -0.3 is 10.1 Å². The molecule has 0 aliphatic rings. The second-order valence-electron chi connectivity index (χ2n) is 4.52. The van der Waals surface area contributed by atoms with Crippen molar-refractivity contribution >= 4 is 46.0 Å². The average molecular weight is 364 g/mol. The van der Waals surface area contributed by atoms with Gasteiger partial charge in [0.1, 0.15) is 5.00 Å². The molecule has 126 valence electrons. The molecule has 2 N–H and O–H groups in total. The van der Waals surface area contributed by atoms with E-state index in [-0.39, 0.29) is 18.1 Å². The van der Waals surface area contributed by atoms with Gasteiger partial charge in [0.15, 0.2) is 0 Å². The molecular weight excluding hydrogens is 348 g/mol. The molecule has 0 saturated heterocycles. The number of imide groups is 1. The molecule has 0 aliphatic heterocycles. The van der Waals surface area contributed by atoms with Crippen molar-refractivity contribution in [3.63, 3.8) is 0 Å². The number of nitrogens with one attached hydrogen (secondary N) is 2. The maximum absolute atomic E-state index is 12.3. The summed E-state index contributed by atoms with van der Waals surface area (Å²) in [6, 6.07) is 8.66. The molecule has 3 amide bonds. The summed E-state index contributed by atoms with van der Waals surface area (Å²) >= 11 is 2.78. The molecule has 0 spiro atoms. The largest absolute Gasteiger partial charge is 0.450 e. The minimum atomic E-state index is -0.821. The fraction of sp³-hybridized carbons (Fsp3) is 0.188. The first-order valence-electron chi connectivity index (χ1n) is 7.06. The van der Waals surface area contributed by atoms with Gasteiger partial charge in [0, 0.05) is 10.5 Å². The van der Waals surface area contributed by atoms with Gasteiger partial charge >= 0.3 is 6.09 Å². The van der Waals surface area contributed by atoms with Gasteiger partial charge in [0.2, 0.25) is 0 Å². The van der Waals surface area contributed by atoms with Crippen LogP contribution in [0.15, 0.2) is 40.6 Å². The lowest BCUT2D eigenvalue weighted by Gasteiger charge is -2.07. The second-order valence-corrected chi connectivity index (χ2v) is 6.32. The van der Waals surface area contributed by atoms with Crippen LogP contribution in [0.3, 0.4) is 0 Å². The highest BCUT2D eigenvalue weighted by atomic mass is 32.2. The zero-order valence-corrected chi connectivity index (χ0v) is 14.8. The van der Waals surface area contributed by atoms with Crippen LogP contribution >= 0.6 is 23.1 Å². The van der Waals surface area contributed by atoms with Crippen LogP contribution < -0.4 is 10.6 Å². The molecule has 0 radical (unpaired) electrons. The number of thioether (sulfide) groups is 1. The Hall–Kier alpha value is -2.32. The van der Waals surface area contributed by atoms with Gasteiger partial charge in [-0.2, -0.15) is 0 Å². The molecule has 2 rings (SSSR count). The first kappa shape index (κ1) is 18.0. The summed E-state index contributed by atoms with van der Waals surface area (Å²) in [7, 11) is 0. The first-order valence-corrected chi connectivity index (χ1v) is 9.16. The number of benzene rings is 1. The predicted molar refractivity (Wildman–Crippen MR) is 95.0 cm³/mol.